The number of hydrogen-bond acceptors (Lipinski definition) is 7. The number of thiophene rings is 1. The highest BCUT2D eigenvalue weighted by molar-refractivity contribution is 7.17. The summed E-state index contributed by atoms with van der Waals surface area (Å²) in [5.41, 5.74) is 2.99. The van der Waals surface area contributed by atoms with Crippen LogP contribution in [0, 0.1) is 0 Å². The van der Waals surface area contributed by atoms with Crippen LogP contribution in [0.5, 0.6) is 0 Å². The first-order valence-corrected chi connectivity index (χ1v) is 8.64. The van der Waals surface area contributed by atoms with Gasteiger partial charge in [-0.1, -0.05) is 24.3 Å². The first kappa shape index (κ1) is 15.0. The minimum Gasteiger partial charge on any atom is -0.378 e. The van der Waals surface area contributed by atoms with E-state index >= 15 is 0 Å². The molecule has 0 bridgehead atoms. The van der Waals surface area contributed by atoms with Gasteiger partial charge in [0.1, 0.15) is 0 Å². The quantitative estimate of drug-likeness (QED) is 0.585. The summed E-state index contributed by atoms with van der Waals surface area (Å²) in [5.74, 6) is 0.661. The topological polar surface area (TPSA) is 62.6 Å². The molecule has 0 atom stereocenters. The Bertz CT molecular complexity index is 852. The van der Waals surface area contributed by atoms with Gasteiger partial charge in [-0.15, -0.1) is 16.4 Å². The summed E-state index contributed by atoms with van der Waals surface area (Å²) >= 11 is 1.72. The number of hydrogen-bond donors (Lipinski definition) is 1. The summed E-state index contributed by atoms with van der Waals surface area (Å²) in [6.07, 6.45) is 3.57. The number of nitrogens with zero attached hydrogens (tertiary/aromatic N) is 4. The zero-order valence-corrected chi connectivity index (χ0v) is 13.9. The van der Waals surface area contributed by atoms with Gasteiger partial charge < -0.3 is 9.64 Å². The highest BCUT2D eigenvalue weighted by Crippen LogP contribution is 2.26. The van der Waals surface area contributed by atoms with E-state index in [4.69, 9.17) is 4.74 Å². The molecule has 3 aromatic rings. The predicted molar refractivity (Wildman–Crippen MR) is 98.1 cm³/mol. The smallest absolute Gasteiger partial charge is 0.176 e. The van der Waals surface area contributed by atoms with E-state index in [1.54, 1.807) is 17.5 Å². The van der Waals surface area contributed by atoms with Crippen molar-refractivity contribution in [2.24, 2.45) is 5.10 Å². The molecule has 1 aromatic carbocycles. The fraction of sp³-hybridized carbons (Fsp3) is 0.235. The summed E-state index contributed by atoms with van der Waals surface area (Å²) in [6, 6.07) is 12.2. The summed E-state index contributed by atoms with van der Waals surface area (Å²) in [4.78, 5) is 3.44. The van der Waals surface area contributed by atoms with Crippen LogP contribution in [-0.4, -0.2) is 42.7 Å². The molecular weight excluding hydrogens is 322 g/mol. The molecule has 24 heavy (non-hydrogen) atoms. The second-order valence-corrected chi connectivity index (χ2v) is 6.52. The third kappa shape index (κ3) is 3.22. The van der Waals surface area contributed by atoms with Crippen LogP contribution in [0.3, 0.4) is 0 Å². The molecule has 4 rings (SSSR count). The Labute approximate surface area is 143 Å². The molecule has 1 saturated heterocycles. The Morgan fingerprint density at radius 1 is 1.17 bits per heavy atom. The van der Waals surface area contributed by atoms with Crippen LogP contribution in [0.15, 0.2) is 47.7 Å². The molecule has 0 aliphatic carbocycles. The van der Waals surface area contributed by atoms with Gasteiger partial charge in [0.2, 0.25) is 0 Å². The predicted octanol–water partition coefficient (Wildman–Crippen LogP) is 2.97. The number of hydrazone groups is 1. The third-order valence-corrected chi connectivity index (χ3v) is 4.95. The number of benzene rings is 1. The molecule has 0 radical (unpaired) electrons. The monoisotopic (exact) mass is 339 g/mol. The van der Waals surface area contributed by atoms with Gasteiger partial charge in [0.05, 0.1) is 30.6 Å². The number of morpholine rings is 1. The summed E-state index contributed by atoms with van der Waals surface area (Å²) in [6.45, 7) is 3.48. The second-order valence-electron chi connectivity index (χ2n) is 5.43. The normalized spacial score (nSPS) is 15.2. The lowest BCUT2D eigenvalue weighted by Crippen LogP contribution is -2.35. The van der Waals surface area contributed by atoms with Crippen LogP contribution in [0.25, 0.3) is 10.8 Å². The Morgan fingerprint density at radius 2 is 2.04 bits per heavy atom. The molecule has 0 spiro atoms. The summed E-state index contributed by atoms with van der Waals surface area (Å²) < 4.78 is 5.39. The van der Waals surface area contributed by atoms with Crippen molar-refractivity contribution in [3.8, 4) is 0 Å². The van der Waals surface area contributed by atoms with Crippen molar-refractivity contribution >= 4 is 39.1 Å². The summed E-state index contributed by atoms with van der Waals surface area (Å²) in [5, 5.41) is 15.7. The van der Waals surface area contributed by atoms with Crippen LogP contribution < -0.4 is 10.3 Å². The molecule has 0 unspecified atom stereocenters. The fourth-order valence-corrected chi connectivity index (χ4v) is 3.56. The minimum absolute atomic E-state index is 0.661. The number of fused-ring (bicyclic) bond motifs is 1. The first-order valence-electron chi connectivity index (χ1n) is 7.82. The Balaban J connectivity index is 1.46. The number of nitrogens with one attached hydrogen (secondary N) is 1. The van der Waals surface area contributed by atoms with Crippen LogP contribution in [-0.2, 0) is 4.74 Å². The van der Waals surface area contributed by atoms with Crippen LogP contribution in [0.4, 0.5) is 10.8 Å². The molecule has 1 aliphatic rings. The number of ether oxygens (including phenoxy) is 1. The van der Waals surface area contributed by atoms with Gasteiger partial charge >= 0.3 is 0 Å². The van der Waals surface area contributed by atoms with E-state index in [-0.39, 0.29) is 0 Å². The maximum Gasteiger partial charge on any atom is 0.176 e. The minimum atomic E-state index is 0.661. The van der Waals surface area contributed by atoms with Gasteiger partial charge in [0.15, 0.2) is 5.82 Å². The van der Waals surface area contributed by atoms with Gasteiger partial charge in [0.25, 0.3) is 0 Å². The molecule has 2 aromatic heterocycles. The largest absolute Gasteiger partial charge is 0.378 e. The van der Waals surface area contributed by atoms with E-state index in [0.29, 0.717) is 5.82 Å². The fourth-order valence-electron chi connectivity index (χ4n) is 2.63. The Hall–Kier alpha value is -2.51. The molecule has 1 aliphatic heterocycles. The van der Waals surface area contributed by atoms with E-state index in [0.717, 1.165) is 42.0 Å². The average molecular weight is 339 g/mol. The van der Waals surface area contributed by atoms with Crippen molar-refractivity contribution in [3.05, 3.63) is 47.5 Å². The zero-order chi connectivity index (χ0) is 16.2. The SMILES string of the molecule is C(=N\Nc1nncc2ccccc12)/c1ccc(N2CCOCC2)s1. The van der Waals surface area contributed by atoms with Crippen molar-refractivity contribution in [2.75, 3.05) is 36.6 Å². The molecular formula is C17H17N5OS. The second kappa shape index (κ2) is 6.94. The Morgan fingerprint density at radius 3 is 2.96 bits per heavy atom. The van der Waals surface area contributed by atoms with Gasteiger partial charge in [0, 0.05) is 28.7 Å². The lowest BCUT2D eigenvalue weighted by Gasteiger charge is -2.27. The maximum atomic E-state index is 5.39. The molecule has 1 fully saturated rings. The van der Waals surface area contributed by atoms with E-state index in [1.807, 2.05) is 30.5 Å². The zero-order valence-electron chi connectivity index (χ0n) is 13.1. The van der Waals surface area contributed by atoms with Crippen LogP contribution in [0.2, 0.25) is 0 Å². The van der Waals surface area contributed by atoms with Gasteiger partial charge in [-0.2, -0.15) is 10.2 Å². The molecule has 122 valence electrons. The number of anilines is 2. The highest BCUT2D eigenvalue weighted by Gasteiger charge is 2.12. The molecule has 7 heteroatoms. The van der Waals surface area contributed by atoms with E-state index in [9.17, 15) is 0 Å². The van der Waals surface area contributed by atoms with E-state index in [2.05, 4.69) is 37.8 Å². The van der Waals surface area contributed by atoms with Crippen molar-refractivity contribution in [2.45, 2.75) is 0 Å². The van der Waals surface area contributed by atoms with Gasteiger partial charge in [-0.05, 0) is 12.1 Å². The molecule has 1 N–H and O–H groups in total. The lowest BCUT2D eigenvalue weighted by molar-refractivity contribution is 0.123. The Kier molecular flexibility index (Phi) is 4.35. The van der Waals surface area contributed by atoms with Crippen LogP contribution in [0.1, 0.15) is 4.88 Å². The van der Waals surface area contributed by atoms with E-state index < -0.39 is 0 Å². The highest BCUT2D eigenvalue weighted by atomic mass is 32.1. The molecule has 0 amide bonds. The van der Waals surface area contributed by atoms with Crippen molar-refractivity contribution in [1.29, 1.82) is 0 Å². The third-order valence-electron chi connectivity index (χ3n) is 3.87. The molecule has 6 nitrogen and oxygen atoms in total. The standard InChI is InChI=1S/C17H17N5OS/c1-2-4-15-13(3-1)11-18-20-17(15)21-19-12-14-5-6-16(24-14)22-7-9-23-10-8-22/h1-6,11-12H,7-10H2,(H,20,21)/b19-12+. The van der Waals surface area contributed by atoms with Crippen LogP contribution >= 0.6 is 11.3 Å². The molecule has 3 heterocycles. The lowest BCUT2D eigenvalue weighted by atomic mass is 10.2. The van der Waals surface area contributed by atoms with Crippen molar-refractivity contribution in [1.82, 2.24) is 10.2 Å². The molecule has 0 saturated carbocycles. The van der Waals surface area contributed by atoms with Crippen molar-refractivity contribution in [3.63, 3.8) is 0 Å². The van der Waals surface area contributed by atoms with Gasteiger partial charge in [-0.3, -0.25) is 5.43 Å². The van der Waals surface area contributed by atoms with Crippen molar-refractivity contribution < 1.29 is 4.74 Å². The van der Waals surface area contributed by atoms with E-state index in [1.165, 1.54) is 5.00 Å². The number of aromatic nitrogens is 2. The average Bonchev–Trinajstić information content (AvgIpc) is 3.12. The number of rotatable bonds is 4. The summed E-state index contributed by atoms with van der Waals surface area (Å²) in [7, 11) is 0. The van der Waals surface area contributed by atoms with Gasteiger partial charge in [-0.25, -0.2) is 0 Å². The maximum absolute atomic E-state index is 5.39. The first-order chi connectivity index (χ1) is 11.9.